The smallest absolute Gasteiger partial charge is 0.145 e. The molecule has 0 amide bonds. The van der Waals surface area contributed by atoms with Crippen molar-refractivity contribution in [1.29, 1.82) is 0 Å². The van der Waals surface area contributed by atoms with E-state index in [1.54, 1.807) is 18.0 Å². The van der Waals surface area contributed by atoms with Gasteiger partial charge in [0.1, 0.15) is 10.8 Å². The Morgan fingerprint density at radius 2 is 2.44 bits per heavy atom. The van der Waals surface area contributed by atoms with Crippen molar-refractivity contribution in [2.75, 3.05) is 18.5 Å². The zero-order valence-electron chi connectivity index (χ0n) is 9.64. The molecular formula is C11H17N3OS. The third-order valence-corrected chi connectivity index (χ3v) is 3.91. The molecule has 1 aliphatic rings. The summed E-state index contributed by atoms with van der Waals surface area (Å²) in [6.07, 6.45) is 4.98. The van der Waals surface area contributed by atoms with Gasteiger partial charge in [0.15, 0.2) is 0 Å². The molecule has 2 unspecified atom stereocenters. The summed E-state index contributed by atoms with van der Waals surface area (Å²) in [5, 5.41) is 4.64. The summed E-state index contributed by atoms with van der Waals surface area (Å²) >= 11 is 1.76. The molecule has 0 radical (unpaired) electrons. The van der Waals surface area contributed by atoms with E-state index in [1.165, 1.54) is 0 Å². The molecule has 1 saturated heterocycles. The minimum absolute atomic E-state index is 0.314. The van der Waals surface area contributed by atoms with Crippen LogP contribution in [0.2, 0.25) is 0 Å². The summed E-state index contributed by atoms with van der Waals surface area (Å²) in [5.74, 6) is 0.846. The number of aromatic nitrogens is 2. The number of hydrogen-bond acceptors (Lipinski definition) is 5. The number of nitrogens with zero attached hydrogens (tertiary/aromatic N) is 2. The van der Waals surface area contributed by atoms with E-state index >= 15 is 0 Å². The highest BCUT2D eigenvalue weighted by Crippen LogP contribution is 2.31. The van der Waals surface area contributed by atoms with Gasteiger partial charge in [-0.2, -0.15) is 0 Å². The first kappa shape index (κ1) is 11.7. The largest absolute Gasteiger partial charge is 0.377 e. The van der Waals surface area contributed by atoms with E-state index in [9.17, 15) is 0 Å². The van der Waals surface area contributed by atoms with Crippen LogP contribution in [0, 0.1) is 0 Å². The van der Waals surface area contributed by atoms with Crippen LogP contribution in [0.4, 0.5) is 5.82 Å². The van der Waals surface area contributed by atoms with E-state index in [2.05, 4.69) is 22.2 Å². The summed E-state index contributed by atoms with van der Waals surface area (Å²) in [5.41, 5.74) is 0. The van der Waals surface area contributed by atoms with E-state index in [-0.39, 0.29) is 0 Å². The lowest BCUT2D eigenvalue weighted by Crippen LogP contribution is -2.13. The highest BCUT2D eigenvalue weighted by molar-refractivity contribution is 7.99. The Hall–Kier alpha value is -0.810. The molecule has 1 fully saturated rings. The van der Waals surface area contributed by atoms with Crippen LogP contribution in [-0.2, 0) is 4.74 Å². The van der Waals surface area contributed by atoms with E-state index in [1.807, 2.05) is 13.1 Å². The van der Waals surface area contributed by atoms with E-state index in [4.69, 9.17) is 4.74 Å². The Morgan fingerprint density at radius 1 is 1.56 bits per heavy atom. The summed E-state index contributed by atoms with van der Waals surface area (Å²) in [7, 11) is 0. The number of rotatable bonds is 4. The normalized spacial score (nSPS) is 24.6. The molecule has 0 bridgehead atoms. The first-order valence-corrected chi connectivity index (χ1v) is 6.51. The molecule has 4 nitrogen and oxygen atoms in total. The molecule has 0 aliphatic carbocycles. The molecule has 2 heterocycles. The number of thioether (sulfide) groups is 1. The fraction of sp³-hybridized carbons (Fsp3) is 0.636. The fourth-order valence-corrected chi connectivity index (χ4v) is 2.76. The average molecular weight is 239 g/mol. The molecule has 2 rings (SSSR count). The summed E-state index contributed by atoms with van der Waals surface area (Å²) in [6, 6.07) is 0. The van der Waals surface area contributed by atoms with Crippen LogP contribution in [0.1, 0.15) is 20.3 Å². The highest BCUT2D eigenvalue weighted by Gasteiger charge is 2.25. The van der Waals surface area contributed by atoms with Crippen LogP contribution >= 0.6 is 11.8 Å². The van der Waals surface area contributed by atoms with Gasteiger partial charge in [-0.15, -0.1) is 0 Å². The standard InChI is InChI=1S/C11H17N3OS/c1-3-13-10-6-12-7-11(14-10)16-9-4-5-15-8(9)2/h6-9H,3-5H2,1-2H3,(H,13,14). The van der Waals surface area contributed by atoms with Gasteiger partial charge in [0.05, 0.1) is 18.5 Å². The summed E-state index contributed by atoms with van der Waals surface area (Å²) in [6.45, 7) is 5.89. The zero-order valence-corrected chi connectivity index (χ0v) is 10.5. The predicted octanol–water partition coefficient (Wildman–Crippen LogP) is 2.18. The summed E-state index contributed by atoms with van der Waals surface area (Å²) < 4.78 is 5.53. The van der Waals surface area contributed by atoms with Crippen molar-refractivity contribution in [3.05, 3.63) is 12.4 Å². The summed E-state index contributed by atoms with van der Waals surface area (Å²) in [4.78, 5) is 8.68. The second-order valence-corrected chi connectivity index (χ2v) is 5.05. The van der Waals surface area contributed by atoms with Crippen molar-refractivity contribution in [3.8, 4) is 0 Å². The van der Waals surface area contributed by atoms with Crippen molar-refractivity contribution < 1.29 is 4.74 Å². The molecule has 1 aromatic heterocycles. The van der Waals surface area contributed by atoms with E-state index in [0.29, 0.717) is 11.4 Å². The second kappa shape index (κ2) is 5.50. The minimum atomic E-state index is 0.314. The lowest BCUT2D eigenvalue weighted by atomic mass is 10.3. The molecule has 0 spiro atoms. The maximum atomic E-state index is 5.53. The van der Waals surface area contributed by atoms with Gasteiger partial charge in [0, 0.05) is 18.4 Å². The van der Waals surface area contributed by atoms with Gasteiger partial charge in [-0.25, -0.2) is 4.98 Å². The molecule has 0 saturated carbocycles. The predicted molar refractivity (Wildman–Crippen MR) is 65.9 cm³/mol. The topological polar surface area (TPSA) is 47.0 Å². The SMILES string of the molecule is CCNc1cncc(SC2CCOC2C)n1. The second-order valence-electron chi connectivity index (χ2n) is 3.79. The Morgan fingerprint density at radius 3 is 3.12 bits per heavy atom. The molecule has 1 N–H and O–H groups in total. The van der Waals surface area contributed by atoms with Crippen molar-refractivity contribution in [1.82, 2.24) is 9.97 Å². The maximum absolute atomic E-state index is 5.53. The van der Waals surface area contributed by atoms with Crippen LogP contribution < -0.4 is 5.32 Å². The van der Waals surface area contributed by atoms with Crippen LogP contribution in [0.3, 0.4) is 0 Å². The molecule has 2 atom stereocenters. The third-order valence-electron chi connectivity index (χ3n) is 2.55. The van der Waals surface area contributed by atoms with E-state index in [0.717, 1.165) is 30.4 Å². The average Bonchev–Trinajstić information content (AvgIpc) is 2.66. The Kier molecular flexibility index (Phi) is 4.01. The maximum Gasteiger partial charge on any atom is 0.145 e. The van der Waals surface area contributed by atoms with Gasteiger partial charge in [-0.3, -0.25) is 4.98 Å². The van der Waals surface area contributed by atoms with Crippen molar-refractivity contribution in [3.63, 3.8) is 0 Å². The lowest BCUT2D eigenvalue weighted by Gasteiger charge is -2.12. The number of ether oxygens (including phenoxy) is 1. The molecule has 0 aromatic carbocycles. The van der Waals surface area contributed by atoms with Crippen LogP contribution in [-0.4, -0.2) is 34.5 Å². The highest BCUT2D eigenvalue weighted by atomic mass is 32.2. The fourth-order valence-electron chi connectivity index (χ4n) is 1.69. The number of anilines is 1. The lowest BCUT2D eigenvalue weighted by molar-refractivity contribution is 0.127. The first-order valence-electron chi connectivity index (χ1n) is 5.63. The van der Waals surface area contributed by atoms with Gasteiger partial charge >= 0.3 is 0 Å². The van der Waals surface area contributed by atoms with Crippen molar-refractivity contribution >= 4 is 17.6 Å². The monoisotopic (exact) mass is 239 g/mol. The van der Waals surface area contributed by atoms with Gasteiger partial charge in [0.2, 0.25) is 0 Å². The number of hydrogen-bond donors (Lipinski definition) is 1. The Labute approximate surface area is 100 Å². The minimum Gasteiger partial charge on any atom is -0.377 e. The third kappa shape index (κ3) is 2.86. The van der Waals surface area contributed by atoms with Crippen LogP contribution in [0.5, 0.6) is 0 Å². The van der Waals surface area contributed by atoms with Crippen molar-refractivity contribution in [2.45, 2.75) is 36.6 Å². The molecule has 16 heavy (non-hydrogen) atoms. The van der Waals surface area contributed by atoms with Gasteiger partial charge in [-0.05, 0) is 20.3 Å². The molecule has 88 valence electrons. The number of nitrogens with one attached hydrogen (secondary N) is 1. The van der Waals surface area contributed by atoms with Gasteiger partial charge in [-0.1, -0.05) is 11.8 Å². The van der Waals surface area contributed by atoms with Gasteiger partial charge < -0.3 is 10.1 Å². The van der Waals surface area contributed by atoms with E-state index < -0.39 is 0 Å². The molecule has 1 aromatic rings. The molecule has 5 heteroatoms. The quantitative estimate of drug-likeness (QED) is 0.872. The Balaban J connectivity index is 2.00. The van der Waals surface area contributed by atoms with Crippen molar-refractivity contribution in [2.24, 2.45) is 0 Å². The van der Waals surface area contributed by atoms with Crippen LogP contribution in [0.15, 0.2) is 17.4 Å². The Bertz CT molecular complexity index is 348. The zero-order chi connectivity index (χ0) is 11.4. The van der Waals surface area contributed by atoms with Gasteiger partial charge in [0.25, 0.3) is 0 Å². The first-order chi connectivity index (χ1) is 7.79. The molecule has 1 aliphatic heterocycles. The molecular weight excluding hydrogens is 222 g/mol. The van der Waals surface area contributed by atoms with Crippen LogP contribution in [0.25, 0.3) is 0 Å².